The first-order valence-corrected chi connectivity index (χ1v) is 9.57. The second kappa shape index (κ2) is 7.34. The number of fused-ring (bicyclic) bond motifs is 1. The van der Waals surface area contributed by atoms with E-state index in [0.717, 1.165) is 48.8 Å². The summed E-state index contributed by atoms with van der Waals surface area (Å²) >= 11 is 0. The first-order valence-electron chi connectivity index (χ1n) is 9.57. The van der Waals surface area contributed by atoms with E-state index in [1.807, 2.05) is 47.2 Å². The lowest BCUT2D eigenvalue weighted by Crippen LogP contribution is -2.38. The summed E-state index contributed by atoms with van der Waals surface area (Å²) in [5.74, 6) is 0.951. The molecule has 4 aromatic rings. The van der Waals surface area contributed by atoms with Crippen LogP contribution in [-0.4, -0.2) is 48.4 Å². The minimum atomic E-state index is -0.00165. The topological polar surface area (TPSA) is 93.2 Å². The lowest BCUT2D eigenvalue weighted by Gasteiger charge is -2.32. The van der Waals surface area contributed by atoms with Crippen LogP contribution in [0.4, 0.5) is 11.5 Å². The van der Waals surface area contributed by atoms with Crippen LogP contribution in [0.25, 0.3) is 11.3 Å². The summed E-state index contributed by atoms with van der Waals surface area (Å²) in [5, 5.41) is 15.4. The van der Waals surface area contributed by atoms with Crippen molar-refractivity contribution in [3.8, 4) is 5.69 Å². The van der Waals surface area contributed by atoms with Gasteiger partial charge in [0.05, 0.1) is 6.33 Å². The molecule has 1 fully saturated rings. The third kappa shape index (κ3) is 3.54. The zero-order valence-electron chi connectivity index (χ0n) is 15.7. The average molecular weight is 388 g/mol. The van der Waals surface area contributed by atoms with E-state index >= 15 is 0 Å². The van der Waals surface area contributed by atoms with E-state index < -0.39 is 0 Å². The van der Waals surface area contributed by atoms with E-state index in [9.17, 15) is 4.79 Å². The smallest absolute Gasteiger partial charge is 0.227 e. The zero-order chi connectivity index (χ0) is 19.6. The van der Waals surface area contributed by atoms with Crippen LogP contribution in [-0.2, 0) is 4.79 Å². The molecule has 1 amide bonds. The average Bonchev–Trinajstić information content (AvgIpc) is 3.46. The van der Waals surface area contributed by atoms with Crippen molar-refractivity contribution in [2.75, 3.05) is 23.3 Å². The molecule has 0 spiro atoms. The number of hydrogen-bond donors (Lipinski definition) is 1. The van der Waals surface area contributed by atoms with Crippen molar-refractivity contribution in [3.63, 3.8) is 0 Å². The molecule has 1 aliphatic rings. The summed E-state index contributed by atoms with van der Waals surface area (Å²) in [4.78, 5) is 18.9. The molecule has 3 aromatic heterocycles. The molecule has 0 radical (unpaired) electrons. The van der Waals surface area contributed by atoms with Crippen molar-refractivity contribution in [3.05, 3.63) is 61.4 Å². The Bertz CT molecular complexity index is 1110. The van der Waals surface area contributed by atoms with Gasteiger partial charge in [-0.05, 0) is 49.2 Å². The van der Waals surface area contributed by atoms with Crippen LogP contribution in [0.3, 0.4) is 0 Å². The van der Waals surface area contributed by atoms with Gasteiger partial charge < -0.3 is 14.8 Å². The lowest BCUT2D eigenvalue weighted by molar-refractivity contribution is -0.120. The molecule has 9 heteroatoms. The van der Waals surface area contributed by atoms with E-state index in [1.165, 1.54) is 0 Å². The highest BCUT2D eigenvalue weighted by Crippen LogP contribution is 2.23. The molecule has 29 heavy (non-hydrogen) atoms. The fourth-order valence-electron chi connectivity index (χ4n) is 3.63. The zero-order valence-corrected chi connectivity index (χ0v) is 15.7. The van der Waals surface area contributed by atoms with Crippen LogP contribution >= 0.6 is 0 Å². The molecule has 1 aliphatic heterocycles. The van der Waals surface area contributed by atoms with Gasteiger partial charge in [-0.3, -0.25) is 4.79 Å². The van der Waals surface area contributed by atoms with Crippen molar-refractivity contribution >= 4 is 23.1 Å². The molecule has 9 nitrogen and oxygen atoms in total. The summed E-state index contributed by atoms with van der Waals surface area (Å²) in [5.41, 5.74) is 2.54. The molecule has 1 saturated heterocycles. The van der Waals surface area contributed by atoms with Gasteiger partial charge in [-0.2, -0.15) is 4.52 Å². The first kappa shape index (κ1) is 17.4. The number of benzene rings is 1. The predicted molar refractivity (Wildman–Crippen MR) is 108 cm³/mol. The van der Waals surface area contributed by atoms with Crippen LogP contribution in [0.5, 0.6) is 0 Å². The highest BCUT2D eigenvalue weighted by Gasteiger charge is 2.26. The van der Waals surface area contributed by atoms with Crippen molar-refractivity contribution in [2.24, 2.45) is 5.92 Å². The van der Waals surface area contributed by atoms with Crippen molar-refractivity contribution in [2.45, 2.75) is 12.8 Å². The maximum atomic E-state index is 12.7. The van der Waals surface area contributed by atoms with E-state index in [2.05, 4.69) is 30.5 Å². The Balaban J connectivity index is 1.19. The Morgan fingerprint density at radius 2 is 1.86 bits per heavy atom. The highest BCUT2D eigenvalue weighted by atomic mass is 16.1. The van der Waals surface area contributed by atoms with Gasteiger partial charge in [0.1, 0.15) is 12.1 Å². The Kier molecular flexibility index (Phi) is 4.39. The Morgan fingerprint density at radius 3 is 2.62 bits per heavy atom. The Labute approximate surface area is 167 Å². The summed E-state index contributed by atoms with van der Waals surface area (Å²) in [7, 11) is 0. The molecule has 0 saturated carbocycles. The molecule has 4 heterocycles. The molecule has 1 N–H and O–H groups in total. The second-order valence-corrected chi connectivity index (χ2v) is 7.09. The summed E-state index contributed by atoms with van der Waals surface area (Å²) in [6.45, 7) is 1.58. The molecule has 0 unspecified atom stereocenters. The van der Waals surface area contributed by atoms with E-state index in [4.69, 9.17) is 0 Å². The van der Waals surface area contributed by atoms with Gasteiger partial charge in [0.15, 0.2) is 5.65 Å². The van der Waals surface area contributed by atoms with Gasteiger partial charge in [0.2, 0.25) is 5.91 Å². The molecule has 0 atom stereocenters. The predicted octanol–water partition coefficient (Wildman–Crippen LogP) is 2.17. The number of amides is 1. The Hall–Kier alpha value is -3.75. The normalized spacial score (nSPS) is 15.0. The molecule has 0 bridgehead atoms. The van der Waals surface area contributed by atoms with Gasteiger partial charge in [0.25, 0.3) is 0 Å². The molecular weight excluding hydrogens is 368 g/mol. The summed E-state index contributed by atoms with van der Waals surface area (Å²) < 4.78 is 3.59. The number of rotatable bonds is 4. The molecular formula is C20H20N8O. The maximum Gasteiger partial charge on any atom is 0.227 e. The van der Waals surface area contributed by atoms with Gasteiger partial charge in [-0.15, -0.1) is 15.3 Å². The van der Waals surface area contributed by atoms with Gasteiger partial charge in [0, 0.05) is 42.8 Å². The standard InChI is InChI=1S/C20H20N8O/c29-20(23-16-1-3-17(4-2-16)27-12-9-21-13-27)15-7-10-26(11-8-15)19-6-5-18-24-22-14-28(18)25-19/h1-6,9,12-15H,7-8,10-11H2,(H,23,29). The number of imidazole rings is 1. The van der Waals surface area contributed by atoms with Crippen LogP contribution in [0.1, 0.15) is 12.8 Å². The molecule has 146 valence electrons. The summed E-state index contributed by atoms with van der Waals surface area (Å²) in [6.07, 6.45) is 8.55. The maximum absolute atomic E-state index is 12.7. The minimum absolute atomic E-state index is 0.00165. The number of anilines is 2. The monoisotopic (exact) mass is 388 g/mol. The van der Waals surface area contributed by atoms with Gasteiger partial charge >= 0.3 is 0 Å². The third-order valence-corrected chi connectivity index (χ3v) is 5.27. The largest absolute Gasteiger partial charge is 0.355 e. The second-order valence-electron chi connectivity index (χ2n) is 7.09. The number of carbonyl (C=O) groups excluding carboxylic acids is 1. The fourth-order valence-corrected chi connectivity index (χ4v) is 3.63. The number of nitrogens with one attached hydrogen (secondary N) is 1. The number of nitrogens with zero attached hydrogens (tertiary/aromatic N) is 7. The van der Waals surface area contributed by atoms with Crippen LogP contribution in [0, 0.1) is 5.92 Å². The third-order valence-electron chi connectivity index (χ3n) is 5.27. The minimum Gasteiger partial charge on any atom is -0.355 e. The molecule has 0 aliphatic carbocycles. The SMILES string of the molecule is O=C(Nc1ccc(-n2ccnc2)cc1)C1CCN(c2ccc3nncn3n2)CC1. The molecule has 1 aromatic carbocycles. The summed E-state index contributed by atoms with van der Waals surface area (Å²) in [6, 6.07) is 11.6. The van der Waals surface area contributed by atoms with Crippen molar-refractivity contribution in [1.82, 2.24) is 29.4 Å². The fraction of sp³-hybridized carbons (Fsp3) is 0.250. The quantitative estimate of drug-likeness (QED) is 0.576. The van der Waals surface area contributed by atoms with E-state index in [1.54, 1.807) is 23.4 Å². The number of aromatic nitrogens is 6. The van der Waals surface area contributed by atoms with Crippen molar-refractivity contribution in [1.29, 1.82) is 0 Å². The van der Waals surface area contributed by atoms with E-state index in [0.29, 0.717) is 0 Å². The number of piperidine rings is 1. The van der Waals surface area contributed by atoms with E-state index in [-0.39, 0.29) is 11.8 Å². The van der Waals surface area contributed by atoms with Gasteiger partial charge in [-0.25, -0.2) is 4.98 Å². The van der Waals surface area contributed by atoms with Gasteiger partial charge in [-0.1, -0.05) is 0 Å². The number of hydrogen-bond acceptors (Lipinski definition) is 6. The highest BCUT2D eigenvalue weighted by molar-refractivity contribution is 5.92. The first-order chi connectivity index (χ1) is 14.3. The lowest BCUT2D eigenvalue weighted by atomic mass is 9.96. The van der Waals surface area contributed by atoms with Crippen molar-refractivity contribution < 1.29 is 4.79 Å². The van der Waals surface area contributed by atoms with Crippen LogP contribution in [0.2, 0.25) is 0 Å². The molecule has 5 rings (SSSR count). The Morgan fingerprint density at radius 1 is 1.03 bits per heavy atom. The van der Waals surface area contributed by atoms with Crippen LogP contribution < -0.4 is 10.2 Å². The number of carbonyl (C=O) groups is 1. The van der Waals surface area contributed by atoms with Crippen LogP contribution in [0.15, 0.2) is 61.4 Å².